The molecular weight excluding hydrogens is 460 g/mol. The second-order valence-electron chi connectivity index (χ2n) is 9.79. The number of amides is 2. The van der Waals surface area contributed by atoms with Gasteiger partial charge in [0.15, 0.2) is 0 Å². The van der Waals surface area contributed by atoms with E-state index in [1.165, 1.54) is 4.90 Å². The standard InChI is InChI=1S/C25H33ClN2O6/c1-5-24-11-12-25(34-24)18(19(24)23(32)33-6-2)22(31)28(17(13-29)14(3)4)20(25)21(30)27-16-10-8-7-9-15(16)26/h7-10,14,17-20,29H,5-6,11-13H2,1-4H3,(H,27,30)/t17-,18-,19-,20?,24+,25?/m0/s1. The van der Waals surface area contributed by atoms with Crippen molar-refractivity contribution < 1.29 is 29.0 Å². The number of anilines is 1. The van der Waals surface area contributed by atoms with Crippen LogP contribution in [0.3, 0.4) is 0 Å². The van der Waals surface area contributed by atoms with E-state index in [1.807, 2.05) is 20.8 Å². The predicted molar refractivity (Wildman–Crippen MR) is 126 cm³/mol. The summed E-state index contributed by atoms with van der Waals surface area (Å²) in [4.78, 5) is 42.4. The Kier molecular flexibility index (Phi) is 6.70. The zero-order valence-electron chi connectivity index (χ0n) is 20.0. The molecule has 3 fully saturated rings. The first kappa shape index (κ1) is 24.9. The summed E-state index contributed by atoms with van der Waals surface area (Å²) in [6.45, 7) is 7.30. The van der Waals surface area contributed by atoms with Crippen LogP contribution in [0, 0.1) is 17.8 Å². The molecule has 2 unspecified atom stereocenters. The topological polar surface area (TPSA) is 105 Å². The van der Waals surface area contributed by atoms with Crippen LogP contribution in [0.5, 0.6) is 0 Å². The largest absolute Gasteiger partial charge is 0.466 e. The van der Waals surface area contributed by atoms with Crippen molar-refractivity contribution in [2.24, 2.45) is 17.8 Å². The fraction of sp³-hybridized carbons (Fsp3) is 0.640. The zero-order chi connectivity index (χ0) is 24.8. The molecule has 9 heteroatoms. The fourth-order valence-corrected chi connectivity index (χ4v) is 6.47. The smallest absolute Gasteiger partial charge is 0.312 e. The zero-order valence-corrected chi connectivity index (χ0v) is 20.8. The van der Waals surface area contributed by atoms with Crippen LogP contribution in [0.25, 0.3) is 0 Å². The van der Waals surface area contributed by atoms with Gasteiger partial charge in [-0.15, -0.1) is 0 Å². The third-order valence-corrected chi connectivity index (χ3v) is 8.18. The molecule has 3 saturated heterocycles. The van der Waals surface area contributed by atoms with Gasteiger partial charge in [0.1, 0.15) is 17.6 Å². The van der Waals surface area contributed by atoms with Gasteiger partial charge in [-0.1, -0.05) is 44.5 Å². The molecule has 2 amide bonds. The first-order chi connectivity index (χ1) is 16.2. The molecule has 34 heavy (non-hydrogen) atoms. The van der Waals surface area contributed by atoms with Gasteiger partial charge in [-0.2, -0.15) is 0 Å². The molecule has 3 aliphatic heterocycles. The van der Waals surface area contributed by atoms with Gasteiger partial charge in [0.2, 0.25) is 11.8 Å². The van der Waals surface area contributed by atoms with E-state index in [-0.39, 0.29) is 25.0 Å². The number of aliphatic hydroxyl groups excluding tert-OH is 1. The number of hydrogen-bond acceptors (Lipinski definition) is 6. The predicted octanol–water partition coefficient (Wildman–Crippen LogP) is 3.01. The summed E-state index contributed by atoms with van der Waals surface area (Å²) in [7, 11) is 0. The van der Waals surface area contributed by atoms with Crippen LogP contribution < -0.4 is 5.32 Å². The van der Waals surface area contributed by atoms with Crippen LogP contribution in [-0.4, -0.2) is 64.3 Å². The van der Waals surface area contributed by atoms with Crippen LogP contribution in [0.4, 0.5) is 5.69 Å². The highest BCUT2D eigenvalue weighted by atomic mass is 35.5. The summed E-state index contributed by atoms with van der Waals surface area (Å²) >= 11 is 6.28. The van der Waals surface area contributed by atoms with Crippen molar-refractivity contribution in [3.63, 3.8) is 0 Å². The Morgan fingerprint density at radius 3 is 2.59 bits per heavy atom. The molecule has 3 aliphatic rings. The van der Waals surface area contributed by atoms with Crippen molar-refractivity contribution in [2.45, 2.75) is 70.2 Å². The number of carbonyl (C=O) groups excluding carboxylic acids is 3. The Hall–Kier alpha value is -2.16. The summed E-state index contributed by atoms with van der Waals surface area (Å²) in [5, 5.41) is 13.5. The lowest BCUT2D eigenvalue weighted by Crippen LogP contribution is -2.57. The number of halogens is 1. The maximum Gasteiger partial charge on any atom is 0.312 e. The number of fused-ring (bicyclic) bond motifs is 1. The van der Waals surface area contributed by atoms with Crippen molar-refractivity contribution in [1.29, 1.82) is 0 Å². The van der Waals surface area contributed by atoms with E-state index in [1.54, 1.807) is 31.2 Å². The summed E-state index contributed by atoms with van der Waals surface area (Å²) in [6, 6.07) is 5.23. The first-order valence-electron chi connectivity index (χ1n) is 12.0. The van der Waals surface area contributed by atoms with E-state index in [2.05, 4.69) is 5.32 Å². The number of rotatable bonds is 8. The van der Waals surface area contributed by atoms with E-state index in [0.717, 1.165) is 0 Å². The number of carbonyl (C=O) groups is 3. The third kappa shape index (κ3) is 3.53. The molecule has 0 saturated carbocycles. The highest BCUT2D eigenvalue weighted by molar-refractivity contribution is 6.33. The molecule has 0 aromatic heterocycles. The van der Waals surface area contributed by atoms with Crippen LogP contribution in [0.1, 0.15) is 47.0 Å². The molecule has 3 heterocycles. The Labute approximate surface area is 204 Å². The Morgan fingerprint density at radius 1 is 1.29 bits per heavy atom. The van der Waals surface area contributed by atoms with Gasteiger partial charge in [-0.25, -0.2) is 0 Å². The SMILES string of the molecule is CCOC(=O)[C@@H]1[C@H]2C(=O)N([C@@H](CO)C(C)C)C(C(=O)Nc3ccccc3Cl)C23CC[C@@]1(CC)O3. The van der Waals surface area contributed by atoms with E-state index in [4.69, 9.17) is 21.1 Å². The molecule has 186 valence electrons. The molecule has 1 aromatic carbocycles. The van der Waals surface area contributed by atoms with Crippen molar-refractivity contribution in [2.75, 3.05) is 18.5 Å². The third-order valence-electron chi connectivity index (χ3n) is 7.85. The molecule has 6 atom stereocenters. The normalized spacial score (nSPS) is 32.7. The lowest BCUT2D eigenvalue weighted by Gasteiger charge is -2.38. The Morgan fingerprint density at radius 2 is 2.00 bits per heavy atom. The minimum atomic E-state index is -1.18. The number of aliphatic hydroxyl groups is 1. The highest BCUT2D eigenvalue weighted by Crippen LogP contribution is 2.64. The lowest BCUT2D eigenvalue weighted by molar-refractivity contribution is -0.161. The van der Waals surface area contributed by atoms with Gasteiger partial charge in [-0.3, -0.25) is 14.4 Å². The van der Waals surface area contributed by atoms with Crippen LogP contribution >= 0.6 is 11.6 Å². The van der Waals surface area contributed by atoms with E-state index >= 15 is 0 Å². The van der Waals surface area contributed by atoms with Crippen LogP contribution in [-0.2, 0) is 23.9 Å². The number of benzene rings is 1. The number of nitrogens with one attached hydrogen (secondary N) is 1. The van der Waals surface area contributed by atoms with Gasteiger partial charge < -0.3 is 24.8 Å². The number of esters is 1. The van der Waals surface area contributed by atoms with E-state index in [0.29, 0.717) is 30.0 Å². The Balaban J connectivity index is 1.82. The summed E-state index contributed by atoms with van der Waals surface area (Å²) in [6.07, 6.45) is 1.53. The van der Waals surface area contributed by atoms with Crippen LogP contribution in [0.2, 0.25) is 5.02 Å². The van der Waals surface area contributed by atoms with Crippen LogP contribution in [0.15, 0.2) is 24.3 Å². The summed E-state index contributed by atoms with van der Waals surface area (Å²) in [5.74, 6) is -3.04. The van der Waals surface area contributed by atoms with Crippen molar-refractivity contribution in [1.82, 2.24) is 4.90 Å². The number of likely N-dealkylation sites (tertiary alicyclic amines) is 1. The van der Waals surface area contributed by atoms with E-state index in [9.17, 15) is 19.5 Å². The monoisotopic (exact) mass is 492 g/mol. The minimum Gasteiger partial charge on any atom is -0.466 e. The first-order valence-corrected chi connectivity index (χ1v) is 12.4. The molecular formula is C25H33ClN2O6. The van der Waals surface area contributed by atoms with Crippen molar-refractivity contribution in [3.05, 3.63) is 29.3 Å². The van der Waals surface area contributed by atoms with Crippen molar-refractivity contribution in [3.8, 4) is 0 Å². The fourth-order valence-electron chi connectivity index (χ4n) is 6.29. The molecule has 8 nitrogen and oxygen atoms in total. The highest BCUT2D eigenvalue weighted by Gasteiger charge is 2.79. The van der Waals surface area contributed by atoms with Gasteiger partial charge in [0.05, 0.1) is 41.5 Å². The van der Waals surface area contributed by atoms with Crippen molar-refractivity contribution >= 4 is 35.1 Å². The number of para-hydroxylation sites is 1. The number of hydrogen-bond donors (Lipinski definition) is 2. The summed E-state index contributed by atoms with van der Waals surface area (Å²) in [5.41, 5.74) is -1.61. The maximum absolute atomic E-state index is 14.0. The van der Waals surface area contributed by atoms with E-state index < -0.39 is 47.0 Å². The number of nitrogens with zero attached hydrogens (tertiary/aromatic N) is 1. The average molecular weight is 493 g/mol. The minimum absolute atomic E-state index is 0.127. The molecule has 2 bridgehead atoms. The molecule has 0 aliphatic carbocycles. The number of ether oxygens (including phenoxy) is 2. The van der Waals surface area contributed by atoms with Gasteiger partial charge >= 0.3 is 5.97 Å². The lowest BCUT2D eigenvalue weighted by atomic mass is 9.65. The molecule has 1 spiro atoms. The Bertz CT molecular complexity index is 986. The van der Waals surface area contributed by atoms with Gasteiger partial charge in [-0.05, 0) is 44.2 Å². The molecule has 0 radical (unpaired) electrons. The van der Waals surface area contributed by atoms with Gasteiger partial charge in [0, 0.05) is 0 Å². The quantitative estimate of drug-likeness (QED) is 0.540. The molecule has 4 rings (SSSR count). The summed E-state index contributed by atoms with van der Waals surface area (Å²) < 4.78 is 12.0. The average Bonchev–Trinajstić information content (AvgIpc) is 3.40. The molecule has 1 aromatic rings. The molecule has 2 N–H and O–H groups in total. The maximum atomic E-state index is 14.0. The second kappa shape index (κ2) is 9.13. The second-order valence-corrected chi connectivity index (χ2v) is 10.2. The van der Waals surface area contributed by atoms with Gasteiger partial charge in [0.25, 0.3) is 0 Å².